The number of aliphatic hydroxyl groups excluding tert-OH is 1. The van der Waals surface area contributed by atoms with Gasteiger partial charge in [0.25, 0.3) is 0 Å². The number of nitrogens with zero attached hydrogens (tertiary/aromatic N) is 5. The third-order valence-electron chi connectivity index (χ3n) is 5.62. The minimum atomic E-state index is -4.42. The standard InChI is InChI=1S/C22H29FN7O8P/c1-12(2)36-19(32)13(3)27-39(34,38-15-7-5-14(23)6-8-15)35-11-16-18(31)22(4,28-29-25)20(37-16)30-10-9-17(24)26-21(30)33/h5-10,12-13,16,18,20,31H,11H2,1-4H3,(H,27,34)(H2,24,26,33)/t13-,16+,18+,20+,22+,39?/m0/s1. The maximum atomic E-state index is 13.7. The maximum Gasteiger partial charge on any atom is 0.459 e. The van der Waals surface area contributed by atoms with Crippen LogP contribution in [-0.2, 0) is 23.4 Å². The number of esters is 1. The van der Waals surface area contributed by atoms with Gasteiger partial charge in [0.15, 0.2) is 6.23 Å². The summed E-state index contributed by atoms with van der Waals surface area (Å²) in [5.41, 5.74) is 12.1. The Bertz CT molecular complexity index is 1340. The van der Waals surface area contributed by atoms with Gasteiger partial charge in [0.1, 0.15) is 35.1 Å². The SMILES string of the molecule is CC(C)OC(=O)[C@H](C)NP(=O)(OC[C@H]1O[C@@H](n2ccc(N)nc2=O)[C@](C)(N=[N+]=[N-])[C@@H]1O)Oc1ccc(F)cc1. The Morgan fingerprint density at radius 2 is 2.05 bits per heavy atom. The van der Waals surface area contributed by atoms with Crippen molar-refractivity contribution in [3.8, 4) is 5.75 Å². The minimum Gasteiger partial charge on any atom is -0.462 e. The van der Waals surface area contributed by atoms with E-state index in [2.05, 4.69) is 20.1 Å². The second-order valence-electron chi connectivity index (χ2n) is 9.10. The number of hydrogen-bond acceptors (Lipinski definition) is 11. The normalized spacial score (nSPS) is 24.9. The summed E-state index contributed by atoms with van der Waals surface area (Å²) < 4.78 is 50.0. The van der Waals surface area contributed by atoms with E-state index in [1.54, 1.807) is 13.8 Å². The van der Waals surface area contributed by atoms with Crippen LogP contribution in [0.4, 0.5) is 10.2 Å². The third kappa shape index (κ3) is 7.12. The summed E-state index contributed by atoms with van der Waals surface area (Å²) in [6, 6.07) is 4.65. The van der Waals surface area contributed by atoms with Crippen LogP contribution in [0.5, 0.6) is 5.75 Å². The first-order valence-corrected chi connectivity index (χ1v) is 13.2. The zero-order valence-corrected chi connectivity index (χ0v) is 22.4. The van der Waals surface area contributed by atoms with E-state index in [9.17, 15) is 23.7 Å². The number of carbonyl (C=O) groups is 1. The minimum absolute atomic E-state index is 0.0548. The molecule has 0 amide bonds. The summed E-state index contributed by atoms with van der Waals surface area (Å²) in [7, 11) is -4.42. The number of aliphatic hydroxyl groups is 1. The molecule has 1 aromatic carbocycles. The molecule has 1 saturated heterocycles. The molecule has 212 valence electrons. The highest BCUT2D eigenvalue weighted by atomic mass is 31.2. The predicted octanol–water partition coefficient (Wildman–Crippen LogP) is 2.43. The molecule has 1 aromatic heterocycles. The molecule has 0 radical (unpaired) electrons. The van der Waals surface area contributed by atoms with E-state index in [-0.39, 0.29) is 11.6 Å². The molecule has 2 heterocycles. The maximum absolute atomic E-state index is 13.7. The highest BCUT2D eigenvalue weighted by Crippen LogP contribution is 2.47. The van der Waals surface area contributed by atoms with E-state index in [0.717, 1.165) is 16.7 Å². The van der Waals surface area contributed by atoms with Gasteiger partial charge in [-0.2, -0.15) is 10.1 Å². The fourth-order valence-electron chi connectivity index (χ4n) is 3.71. The van der Waals surface area contributed by atoms with E-state index >= 15 is 0 Å². The average molecular weight is 569 g/mol. The van der Waals surface area contributed by atoms with Crippen molar-refractivity contribution in [3.63, 3.8) is 0 Å². The molecule has 15 nitrogen and oxygen atoms in total. The van der Waals surface area contributed by atoms with Gasteiger partial charge in [-0.05, 0) is 63.6 Å². The second kappa shape index (κ2) is 12.1. The number of azide groups is 1. The van der Waals surface area contributed by atoms with Gasteiger partial charge in [-0.3, -0.25) is 13.9 Å². The summed E-state index contributed by atoms with van der Waals surface area (Å²) in [6.45, 7) is 5.36. The molecule has 1 unspecified atom stereocenters. The molecule has 6 atom stereocenters. The second-order valence-corrected chi connectivity index (χ2v) is 10.8. The van der Waals surface area contributed by atoms with Crippen molar-refractivity contribution >= 4 is 19.5 Å². The monoisotopic (exact) mass is 569 g/mol. The Hall–Kier alpha value is -3.52. The third-order valence-corrected chi connectivity index (χ3v) is 7.27. The van der Waals surface area contributed by atoms with Crippen molar-refractivity contribution in [2.24, 2.45) is 5.11 Å². The Labute approximate surface area is 222 Å². The summed E-state index contributed by atoms with van der Waals surface area (Å²) in [5.74, 6) is -1.44. The Morgan fingerprint density at radius 1 is 1.38 bits per heavy atom. The quantitative estimate of drug-likeness (QED) is 0.117. The molecule has 1 aliphatic rings. The first-order chi connectivity index (χ1) is 18.3. The van der Waals surface area contributed by atoms with Crippen LogP contribution in [0.1, 0.15) is 33.9 Å². The average Bonchev–Trinajstić information content (AvgIpc) is 3.09. The number of benzene rings is 1. The van der Waals surface area contributed by atoms with Crippen LogP contribution in [-0.4, -0.2) is 57.1 Å². The number of rotatable bonds is 11. The number of halogens is 1. The van der Waals surface area contributed by atoms with Gasteiger partial charge >= 0.3 is 19.4 Å². The van der Waals surface area contributed by atoms with Gasteiger partial charge in [0, 0.05) is 11.1 Å². The van der Waals surface area contributed by atoms with E-state index in [1.807, 2.05) is 0 Å². The molecule has 39 heavy (non-hydrogen) atoms. The lowest BCUT2D eigenvalue weighted by Gasteiger charge is -2.28. The highest BCUT2D eigenvalue weighted by molar-refractivity contribution is 7.52. The lowest BCUT2D eigenvalue weighted by molar-refractivity contribution is -0.149. The summed E-state index contributed by atoms with van der Waals surface area (Å²) >= 11 is 0. The first kappa shape index (κ1) is 30.0. The van der Waals surface area contributed by atoms with Crippen LogP contribution in [0.25, 0.3) is 10.4 Å². The summed E-state index contributed by atoms with van der Waals surface area (Å²) in [6.07, 6.45) is -3.42. The fraction of sp³-hybridized carbons (Fsp3) is 0.500. The number of nitrogen functional groups attached to an aromatic ring is 1. The smallest absolute Gasteiger partial charge is 0.459 e. The van der Waals surface area contributed by atoms with Gasteiger partial charge in [-0.25, -0.2) is 13.8 Å². The molecular formula is C22H29FN7O8P. The van der Waals surface area contributed by atoms with Crippen molar-refractivity contribution < 1.29 is 37.4 Å². The number of anilines is 1. The predicted molar refractivity (Wildman–Crippen MR) is 135 cm³/mol. The Kier molecular flexibility index (Phi) is 9.33. The van der Waals surface area contributed by atoms with Crippen molar-refractivity contribution in [2.45, 2.75) is 63.8 Å². The largest absolute Gasteiger partial charge is 0.462 e. The summed E-state index contributed by atoms with van der Waals surface area (Å²) in [5, 5.41) is 17.1. The van der Waals surface area contributed by atoms with Crippen molar-refractivity contribution in [1.82, 2.24) is 14.6 Å². The molecular weight excluding hydrogens is 540 g/mol. The van der Waals surface area contributed by atoms with Crippen LogP contribution in [0.3, 0.4) is 0 Å². The Balaban J connectivity index is 1.87. The number of hydrogen-bond donors (Lipinski definition) is 3. The van der Waals surface area contributed by atoms with Gasteiger partial charge < -0.3 is 24.8 Å². The van der Waals surface area contributed by atoms with Crippen LogP contribution in [0.2, 0.25) is 0 Å². The first-order valence-electron chi connectivity index (χ1n) is 11.7. The Morgan fingerprint density at radius 3 is 2.64 bits per heavy atom. The fourth-order valence-corrected chi connectivity index (χ4v) is 5.21. The number of carbonyl (C=O) groups excluding carboxylic acids is 1. The molecule has 1 fully saturated rings. The molecule has 4 N–H and O–H groups in total. The number of nitrogens with one attached hydrogen (secondary N) is 1. The van der Waals surface area contributed by atoms with Crippen molar-refractivity contribution in [3.05, 3.63) is 63.3 Å². The molecule has 0 aliphatic carbocycles. The number of nitrogens with two attached hydrogens (primary N) is 1. The van der Waals surface area contributed by atoms with E-state index in [4.69, 9.17) is 29.8 Å². The number of ether oxygens (including phenoxy) is 2. The van der Waals surface area contributed by atoms with E-state index in [1.165, 1.54) is 38.2 Å². The zero-order chi connectivity index (χ0) is 29.0. The molecule has 2 aromatic rings. The molecule has 3 rings (SSSR count). The lowest BCUT2D eigenvalue weighted by atomic mass is 9.93. The van der Waals surface area contributed by atoms with Crippen molar-refractivity contribution in [2.75, 3.05) is 12.3 Å². The van der Waals surface area contributed by atoms with Crippen LogP contribution in [0, 0.1) is 5.82 Å². The van der Waals surface area contributed by atoms with E-state index in [0.29, 0.717) is 0 Å². The zero-order valence-electron chi connectivity index (χ0n) is 21.5. The van der Waals surface area contributed by atoms with Gasteiger partial charge in [-0.15, -0.1) is 0 Å². The molecule has 1 aliphatic heterocycles. The van der Waals surface area contributed by atoms with E-state index < -0.39 is 68.0 Å². The number of aromatic nitrogens is 2. The van der Waals surface area contributed by atoms with Crippen LogP contribution in [0.15, 0.2) is 46.4 Å². The molecule has 0 bridgehead atoms. The van der Waals surface area contributed by atoms with Gasteiger partial charge in [-0.1, -0.05) is 5.11 Å². The van der Waals surface area contributed by atoms with Crippen molar-refractivity contribution in [1.29, 1.82) is 0 Å². The molecule has 0 saturated carbocycles. The lowest BCUT2D eigenvalue weighted by Crippen LogP contribution is -2.45. The molecule has 17 heteroatoms. The van der Waals surface area contributed by atoms with Crippen LogP contribution >= 0.6 is 7.75 Å². The molecule has 0 spiro atoms. The topological polar surface area (TPSA) is 213 Å². The summed E-state index contributed by atoms with van der Waals surface area (Å²) in [4.78, 5) is 31.1. The van der Waals surface area contributed by atoms with Crippen LogP contribution < -0.4 is 21.0 Å². The highest BCUT2D eigenvalue weighted by Gasteiger charge is 2.55. The van der Waals surface area contributed by atoms with Gasteiger partial charge in [0.05, 0.1) is 18.8 Å². The van der Waals surface area contributed by atoms with Gasteiger partial charge in [0.2, 0.25) is 0 Å².